The van der Waals surface area contributed by atoms with Crippen molar-refractivity contribution in [3.05, 3.63) is 42.5 Å². The minimum Gasteiger partial charge on any atom is -0.398 e. The van der Waals surface area contributed by atoms with E-state index in [1.807, 2.05) is 42.7 Å². The van der Waals surface area contributed by atoms with Crippen LogP contribution in [0.2, 0.25) is 0 Å². The van der Waals surface area contributed by atoms with Crippen molar-refractivity contribution in [3.63, 3.8) is 0 Å². The second kappa shape index (κ2) is 4.49. The van der Waals surface area contributed by atoms with Crippen molar-refractivity contribution in [2.24, 2.45) is 0 Å². The van der Waals surface area contributed by atoms with E-state index >= 15 is 0 Å². The number of hydrogen-bond acceptors (Lipinski definition) is 3. The normalized spacial score (nSPS) is 10.3. The lowest BCUT2D eigenvalue weighted by molar-refractivity contribution is 1.45. The highest BCUT2D eigenvalue weighted by Crippen LogP contribution is 2.37. The highest BCUT2D eigenvalue weighted by molar-refractivity contribution is 7.98. The molecule has 2 nitrogen and oxygen atoms in total. The van der Waals surface area contributed by atoms with Gasteiger partial charge in [0.15, 0.2) is 0 Å². The van der Waals surface area contributed by atoms with E-state index in [9.17, 15) is 0 Å². The van der Waals surface area contributed by atoms with Gasteiger partial charge in [-0.25, -0.2) is 0 Å². The average Bonchev–Trinajstić information content (AvgIpc) is 2.30. The van der Waals surface area contributed by atoms with Crippen molar-refractivity contribution >= 4 is 23.1 Å². The Kier molecular flexibility index (Phi) is 3.06. The summed E-state index contributed by atoms with van der Waals surface area (Å²) >= 11 is 1.68. The fourth-order valence-electron chi connectivity index (χ4n) is 1.73. The zero-order chi connectivity index (χ0) is 11.5. The Hall–Kier alpha value is -1.61. The zero-order valence-corrected chi connectivity index (χ0v) is 9.92. The first-order valence-electron chi connectivity index (χ1n) is 5.01. The van der Waals surface area contributed by atoms with Crippen LogP contribution in [-0.2, 0) is 0 Å². The molecule has 0 spiro atoms. The summed E-state index contributed by atoms with van der Waals surface area (Å²) in [5.74, 6) is 0. The second-order valence-corrected chi connectivity index (χ2v) is 4.36. The Morgan fingerprint density at radius 1 is 0.875 bits per heavy atom. The van der Waals surface area contributed by atoms with Crippen molar-refractivity contribution < 1.29 is 0 Å². The fourth-order valence-corrected chi connectivity index (χ4v) is 2.38. The lowest BCUT2D eigenvalue weighted by atomic mass is 10.0. The molecule has 0 bridgehead atoms. The van der Waals surface area contributed by atoms with E-state index in [4.69, 9.17) is 11.5 Å². The molecule has 82 valence electrons. The van der Waals surface area contributed by atoms with Crippen LogP contribution in [0, 0.1) is 0 Å². The fraction of sp³-hybridized carbons (Fsp3) is 0.0769. The molecule has 0 aliphatic heterocycles. The average molecular weight is 230 g/mol. The van der Waals surface area contributed by atoms with E-state index in [1.54, 1.807) is 11.8 Å². The van der Waals surface area contributed by atoms with Crippen molar-refractivity contribution in [1.29, 1.82) is 0 Å². The summed E-state index contributed by atoms with van der Waals surface area (Å²) in [6.07, 6.45) is 2.04. The first-order chi connectivity index (χ1) is 7.74. The van der Waals surface area contributed by atoms with Gasteiger partial charge in [-0.05, 0) is 24.5 Å². The number of nitrogen functional groups attached to an aromatic ring is 2. The summed E-state index contributed by atoms with van der Waals surface area (Å²) in [6, 6.07) is 13.7. The van der Waals surface area contributed by atoms with E-state index in [0.717, 1.165) is 27.4 Å². The van der Waals surface area contributed by atoms with Gasteiger partial charge in [0.1, 0.15) is 0 Å². The van der Waals surface area contributed by atoms with E-state index in [2.05, 4.69) is 6.07 Å². The molecule has 0 heterocycles. The molecule has 0 saturated heterocycles. The van der Waals surface area contributed by atoms with Gasteiger partial charge in [-0.3, -0.25) is 0 Å². The molecule has 0 atom stereocenters. The standard InChI is InChI=1S/C13H14N2S/c1-16-12-8-4-7-11(15)13(12)9-5-2-3-6-10(9)14/h2-8H,14-15H2,1H3. The third-order valence-corrected chi connectivity index (χ3v) is 3.29. The monoisotopic (exact) mass is 230 g/mol. The van der Waals surface area contributed by atoms with E-state index in [-0.39, 0.29) is 0 Å². The summed E-state index contributed by atoms with van der Waals surface area (Å²) in [4.78, 5) is 1.15. The molecule has 0 amide bonds. The summed E-state index contributed by atoms with van der Waals surface area (Å²) in [6.45, 7) is 0. The van der Waals surface area contributed by atoms with Crippen LogP contribution in [0.5, 0.6) is 0 Å². The molecule has 0 unspecified atom stereocenters. The Bertz CT molecular complexity index is 509. The van der Waals surface area contributed by atoms with Crippen molar-refractivity contribution in [1.82, 2.24) is 0 Å². The largest absolute Gasteiger partial charge is 0.398 e. The van der Waals surface area contributed by atoms with E-state index in [0.29, 0.717) is 0 Å². The number of anilines is 2. The third-order valence-electron chi connectivity index (χ3n) is 2.51. The van der Waals surface area contributed by atoms with Gasteiger partial charge in [0.25, 0.3) is 0 Å². The number of hydrogen-bond donors (Lipinski definition) is 2. The van der Waals surface area contributed by atoms with Crippen LogP contribution >= 0.6 is 11.8 Å². The van der Waals surface area contributed by atoms with Crippen LogP contribution in [0.3, 0.4) is 0 Å². The number of thioether (sulfide) groups is 1. The van der Waals surface area contributed by atoms with Crippen LogP contribution in [0.1, 0.15) is 0 Å². The maximum Gasteiger partial charge on any atom is 0.0405 e. The first-order valence-corrected chi connectivity index (χ1v) is 6.24. The van der Waals surface area contributed by atoms with Crippen LogP contribution in [0.25, 0.3) is 11.1 Å². The minimum absolute atomic E-state index is 0.760. The Labute approximate surface area is 99.7 Å². The van der Waals surface area contributed by atoms with E-state index in [1.165, 1.54) is 0 Å². The molecule has 2 rings (SSSR count). The van der Waals surface area contributed by atoms with Crippen molar-refractivity contribution in [2.45, 2.75) is 4.90 Å². The molecule has 0 radical (unpaired) electrons. The highest BCUT2D eigenvalue weighted by atomic mass is 32.2. The molecule has 3 heteroatoms. The van der Waals surface area contributed by atoms with Crippen molar-refractivity contribution in [3.8, 4) is 11.1 Å². The molecule has 0 saturated carbocycles. The number of benzene rings is 2. The van der Waals surface area contributed by atoms with Crippen molar-refractivity contribution in [2.75, 3.05) is 17.7 Å². The topological polar surface area (TPSA) is 52.0 Å². The van der Waals surface area contributed by atoms with Gasteiger partial charge in [0, 0.05) is 27.4 Å². The lowest BCUT2D eigenvalue weighted by Crippen LogP contribution is -1.95. The van der Waals surface area contributed by atoms with Gasteiger partial charge in [0.2, 0.25) is 0 Å². The Balaban J connectivity index is 2.68. The van der Waals surface area contributed by atoms with Crippen LogP contribution in [0.4, 0.5) is 11.4 Å². The highest BCUT2D eigenvalue weighted by Gasteiger charge is 2.10. The summed E-state index contributed by atoms with van der Waals surface area (Å²) in [7, 11) is 0. The molecule has 0 fully saturated rings. The molecule has 0 aliphatic rings. The molecule has 0 aliphatic carbocycles. The summed E-state index contributed by atoms with van der Waals surface area (Å²) in [5, 5.41) is 0. The van der Waals surface area contributed by atoms with Crippen LogP contribution < -0.4 is 11.5 Å². The van der Waals surface area contributed by atoms with Crippen LogP contribution in [-0.4, -0.2) is 6.26 Å². The molecule has 2 aromatic carbocycles. The Morgan fingerprint density at radius 3 is 2.25 bits per heavy atom. The van der Waals surface area contributed by atoms with E-state index < -0.39 is 0 Å². The molecular weight excluding hydrogens is 216 g/mol. The Morgan fingerprint density at radius 2 is 1.56 bits per heavy atom. The van der Waals surface area contributed by atoms with Gasteiger partial charge >= 0.3 is 0 Å². The lowest BCUT2D eigenvalue weighted by Gasteiger charge is -2.12. The van der Waals surface area contributed by atoms with Crippen LogP contribution in [0.15, 0.2) is 47.4 Å². The summed E-state index contributed by atoms with van der Waals surface area (Å²) < 4.78 is 0. The molecule has 16 heavy (non-hydrogen) atoms. The number of rotatable bonds is 2. The molecule has 0 aromatic heterocycles. The minimum atomic E-state index is 0.760. The smallest absolute Gasteiger partial charge is 0.0405 e. The third kappa shape index (κ3) is 1.86. The predicted molar refractivity (Wildman–Crippen MR) is 72.5 cm³/mol. The molecule has 4 N–H and O–H groups in total. The maximum absolute atomic E-state index is 6.03. The van der Waals surface area contributed by atoms with Gasteiger partial charge < -0.3 is 11.5 Å². The summed E-state index contributed by atoms with van der Waals surface area (Å²) in [5.41, 5.74) is 15.6. The second-order valence-electron chi connectivity index (χ2n) is 3.51. The predicted octanol–water partition coefficient (Wildman–Crippen LogP) is 3.24. The first kappa shape index (κ1) is 10.9. The SMILES string of the molecule is CSc1cccc(N)c1-c1ccccc1N. The molecule has 2 aromatic rings. The van der Waals surface area contributed by atoms with Gasteiger partial charge in [0.05, 0.1) is 0 Å². The van der Waals surface area contributed by atoms with Gasteiger partial charge in [-0.2, -0.15) is 0 Å². The quantitative estimate of drug-likeness (QED) is 0.615. The van der Waals surface area contributed by atoms with Gasteiger partial charge in [-0.15, -0.1) is 11.8 Å². The van der Waals surface area contributed by atoms with Gasteiger partial charge in [-0.1, -0.05) is 24.3 Å². The molecular formula is C13H14N2S. The number of para-hydroxylation sites is 1. The number of nitrogens with two attached hydrogens (primary N) is 2. The zero-order valence-electron chi connectivity index (χ0n) is 9.10. The maximum atomic E-state index is 6.03.